The molecule has 2 N–H and O–H groups in total. The number of aromatic amines is 1. The number of carbonyl (C=O) groups is 1. The molecule has 0 aliphatic carbocycles. The van der Waals surface area contributed by atoms with Crippen molar-refractivity contribution in [2.24, 2.45) is 5.92 Å². The van der Waals surface area contributed by atoms with Crippen LogP contribution in [0.25, 0.3) is 33.4 Å². The predicted molar refractivity (Wildman–Crippen MR) is 146 cm³/mol. The molecule has 0 bridgehead atoms. The van der Waals surface area contributed by atoms with Crippen LogP contribution < -0.4 is 10.1 Å². The lowest BCUT2D eigenvalue weighted by Crippen LogP contribution is -2.42. The summed E-state index contributed by atoms with van der Waals surface area (Å²) in [4.78, 5) is 35.7. The number of fused-ring (bicyclic) bond motifs is 1. The standard InChI is InChI=1S/C28H33N7O3/c1-4-37-28(36)34-26-32-24-13-19(12-22(25(24)33-26)23-9-5-6-10-29-23)20-14-30-27(31-15-20)38-21-8-7-11-35(17-21)16-18(2)3/h5-6,9-10,12-15,18,21H,4,7-8,11,16-17H2,1-3H3,(H2,32,33,34,36). The van der Waals surface area contributed by atoms with Gasteiger partial charge in [-0.05, 0) is 62.1 Å². The number of hydrogen-bond acceptors (Lipinski definition) is 8. The number of ether oxygens (including phenoxy) is 2. The number of benzene rings is 1. The highest BCUT2D eigenvalue weighted by Crippen LogP contribution is 2.33. The van der Waals surface area contributed by atoms with Crippen molar-refractivity contribution in [2.75, 3.05) is 31.6 Å². The first-order chi connectivity index (χ1) is 18.5. The summed E-state index contributed by atoms with van der Waals surface area (Å²) in [5.41, 5.74) is 4.72. The zero-order chi connectivity index (χ0) is 26.5. The molecule has 1 aromatic carbocycles. The highest BCUT2D eigenvalue weighted by molar-refractivity contribution is 5.97. The molecule has 1 amide bonds. The molecule has 1 unspecified atom stereocenters. The Morgan fingerprint density at radius 2 is 2.03 bits per heavy atom. The topological polar surface area (TPSA) is 118 Å². The Balaban J connectivity index is 1.40. The normalized spacial score (nSPS) is 16.1. The van der Waals surface area contributed by atoms with Gasteiger partial charge < -0.3 is 14.5 Å². The molecule has 4 heterocycles. The zero-order valence-corrected chi connectivity index (χ0v) is 22.0. The second kappa shape index (κ2) is 11.6. The van der Waals surface area contributed by atoms with Gasteiger partial charge in [-0.2, -0.15) is 0 Å². The quantitative estimate of drug-likeness (QED) is 0.331. The third kappa shape index (κ3) is 6.08. The summed E-state index contributed by atoms with van der Waals surface area (Å²) >= 11 is 0. The first-order valence-corrected chi connectivity index (χ1v) is 13.1. The summed E-state index contributed by atoms with van der Waals surface area (Å²) in [6.45, 7) is 9.59. The van der Waals surface area contributed by atoms with Crippen LogP contribution >= 0.6 is 0 Å². The number of nitrogens with one attached hydrogen (secondary N) is 2. The minimum atomic E-state index is -0.569. The Hall–Kier alpha value is -4.05. The number of imidazole rings is 1. The first-order valence-electron chi connectivity index (χ1n) is 13.1. The molecule has 0 saturated carbocycles. The van der Waals surface area contributed by atoms with Crippen LogP contribution in [0, 0.1) is 5.92 Å². The molecule has 198 valence electrons. The maximum Gasteiger partial charge on any atom is 0.413 e. The Kier molecular flexibility index (Phi) is 7.78. The highest BCUT2D eigenvalue weighted by atomic mass is 16.5. The number of piperidine rings is 1. The molecule has 1 saturated heterocycles. The number of hydrogen-bond donors (Lipinski definition) is 2. The van der Waals surface area contributed by atoms with E-state index in [0.29, 0.717) is 23.4 Å². The van der Waals surface area contributed by atoms with Crippen molar-refractivity contribution >= 4 is 23.1 Å². The molecule has 1 aliphatic rings. The van der Waals surface area contributed by atoms with Crippen LogP contribution in [0.4, 0.5) is 10.7 Å². The van der Waals surface area contributed by atoms with E-state index in [1.165, 1.54) is 0 Å². The number of anilines is 1. The second-order valence-electron chi connectivity index (χ2n) is 9.86. The van der Waals surface area contributed by atoms with E-state index < -0.39 is 6.09 Å². The number of likely N-dealkylation sites (tertiary alicyclic amines) is 1. The van der Waals surface area contributed by atoms with E-state index in [9.17, 15) is 4.79 Å². The Bertz CT molecular complexity index is 1370. The van der Waals surface area contributed by atoms with E-state index in [-0.39, 0.29) is 12.7 Å². The van der Waals surface area contributed by atoms with Crippen molar-refractivity contribution in [1.29, 1.82) is 0 Å². The van der Waals surface area contributed by atoms with Gasteiger partial charge in [0, 0.05) is 42.8 Å². The van der Waals surface area contributed by atoms with Crippen LogP contribution in [0.2, 0.25) is 0 Å². The van der Waals surface area contributed by atoms with E-state index in [0.717, 1.165) is 60.4 Å². The molecular weight excluding hydrogens is 482 g/mol. The average Bonchev–Trinajstić information content (AvgIpc) is 3.31. The highest BCUT2D eigenvalue weighted by Gasteiger charge is 2.22. The Morgan fingerprint density at radius 3 is 2.76 bits per heavy atom. The lowest BCUT2D eigenvalue weighted by atomic mass is 10.0. The number of carbonyl (C=O) groups excluding carboxylic acids is 1. The molecule has 1 atom stereocenters. The van der Waals surface area contributed by atoms with Crippen molar-refractivity contribution in [3.8, 4) is 28.4 Å². The minimum Gasteiger partial charge on any atom is -0.459 e. The minimum absolute atomic E-state index is 0.0933. The summed E-state index contributed by atoms with van der Waals surface area (Å²) in [6, 6.07) is 10.1. The lowest BCUT2D eigenvalue weighted by Gasteiger charge is -2.33. The lowest BCUT2D eigenvalue weighted by molar-refractivity contribution is 0.0748. The summed E-state index contributed by atoms with van der Waals surface area (Å²) in [5.74, 6) is 0.927. The van der Waals surface area contributed by atoms with Crippen molar-refractivity contribution in [3.63, 3.8) is 0 Å². The Morgan fingerprint density at radius 1 is 1.18 bits per heavy atom. The van der Waals surface area contributed by atoms with Crippen molar-refractivity contribution in [2.45, 2.75) is 39.7 Å². The molecule has 38 heavy (non-hydrogen) atoms. The second-order valence-corrected chi connectivity index (χ2v) is 9.86. The largest absolute Gasteiger partial charge is 0.459 e. The van der Waals surface area contributed by atoms with E-state index in [2.05, 4.69) is 49.0 Å². The van der Waals surface area contributed by atoms with Crippen LogP contribution in [0.5, 0.6) is 6.01 Å². The van der Waals surface area contributed by atoms with Crippen LogP contribution in [-0.2, 0) is 4.74 Å². The third-order valence-corrected chi connectivity index (χ3v) is 6.34. The molecule has 1 aliphatic heterocycles. The van der Waals surface area contributed by atoms with Gasteiger partial charge >= 0.3 is 12.1 Å². The van der Waals surface area contributed by atoms with E-state index in [1.807, 2.05) is 30.3 Å². The van der Waals surface area contributed by atoms with Crippen LogP contribution in [0.1, 0.15) is 33.6 Å². The Labute approximate surface area is 221 Å². The smallest absolute Gasteiger partial charge is 0.413 e. The van der Waals surface area contributed by atoms with Gasteiger partial charge in [0.15, 0.2) is 0 Å². The van der Waals surface area contributed by atoms with Crippen LogP contribution in [0.15, 0.2) is 48.9 Å². The third-order valence-electron chi connectivity index (χ3n) is 6.34. The fraction of sp³-hybridized carbons (Fsp3) is 0.393. The maximum atomic E-state index is 11.9. The SMILES string of the molecule is CCOC(=O)Nc1nc2c(-c3ccccn3)cc(-c3cnc(OC4CCCN(CC(C)C)C4)nc3)cc2[nH]1. The predicted octanol–water partition coefficient (Wildman–Crippen LogP) is 5.15. The fourth-order valence-electron chi connectivity index (χ4n) is 4.79. The van der Waals surface area contributed by atoms with Gasteiger partial charge in [-0.15, -0.1) is 0 Å². The molecule has 3 aromatic heterocycles. The van der Waals surface area contributed by atoms with Gasteiger partial charge in [-0.3, -0.25) is 15.2 Å². The maximum absolute atomic E-state index is 11.9. The molecular formula is C28H33N7O3. The molecule has 10 heteroatoms. The van der Waals surface area contributed by atoms with E-state index >= 15 is 0 Å². The summed E-state index contributed by atoms with van der Waals surface area (Å²) in [7, 11) is 0. The van der Waals surface area contributed by atoms with Crippen LogP contribution in [0.3, 0.4) is 0 Å². The summed E-state index contributed by atoms with van der Waals surface area (Å²) in [5, 5.41) is 2.64. The number of H-pyrrole nitrogens is 1. The van der Waals surface area contributed by atoms with Crippen molar-refractivity contribution in [3.05, 3.63) is 48.9 Å². The number of nitrogens with zero attached hydrogens (tertiary/aromatic N) is 5. The van der Waals surface area contributed by atoms with Gasteiger partial charge in [0.1, 0.15) is 6.10 Å². The molecule has 5 rings (SSSR count). The van der Waals surface area contributed by atoms with Gasteiger partial charge in [0.2, 0.25) is 5.95 Å². The van der Waals surface area contributed by atoms with Crippen molar-refractivity contribution < 1.29 is 14.3 Å². The van der Waals surface area contributed by atoms with E-state index in [1.54, 1.807) is 25.5 Å². The first kappa shape index (κ1) is 25.6. The molecule has 0 spiro atoms. The van der Waals surface area contributed by atoms with Crippen molar-refractivity contribution in [1.82, 2.24) is 29.8 Å². The van der Waals surface area contributed by atoms with Gasteiger partial charge in [0.05, 0.1) is 23.3 Å². The molecule has 0 radical (unpaired) electrons. The fourth-order valence-corrected chi connectivity index (χ4v) is 4.79. The summed E-state index contributed by atoms with van der Waals surface area (Å²) < 4.78 is 11.1. The van der Waals surface area contributed by atoms with Crippen LogP contribution in [-0.4, -0.2) is 68.3 Å². The molecule has 4 aromatic rings. The zero-order valence-electron chi connectivity index (χ0n) is 22.0. The number of aromatic nitrogens is 5. The van der Waals surface area contributed by atoms with E-state index in [4.69, 9.17) is 9.47 Å². The molecule has 1 fully saturated rings. The number of amides is 1. The monoisotopic (exact) mass is 515 g/mol. The number of rotatable bonds is 8. The summed E-state index contributed by atoms with van der Waals surface area (Å²) in [6.07, 6.45) is 6.93. The average molecular weight is 516 g/mol. The van der Waals surface area contributed by atoms with Gasteiger partial charge in [0.25, 0.3) is 0 Å². The number of pyridine rings is 1. The van der Waals surface area contributed by atoms with Gasteiger partial charge in [-0.1, -0.05) is 19.9 Å². The van der Waals surface area contributed by atoms with Gasteiger partial charge in [-0.25, -0.2) is 19.7 Å². The molecule has 10 nitrogen and oxygen atoms in total.